The van der Waals surface area contributed by atoms with Crippen molar-refractivity contribution in [2.75, 3.05) is 20.7 Å². The Balaban J connectivity index is 2.90. The second-order valence-electron chi connectivity index (χ2n) is 3.90. The summed E-state index contributed by atoms with van der Waals surface area (Å²) >= 11 is 0. The van der Waals surface area contributed by atoms with E-state index in [1.165, 1.54) is 0 Å². The summed E-state index contributed by atoms with van der Waals surface area (Å²) in [6.07, 6.45) is 0.186. The molecular weight excluding hydrogens is 232 g/mol. The Morgan fingerprint density at radius 3 is 2.72 bits per heavy atom. The molecule has 3 N–H and O–H groups in total. The van der Waals surface area contributed by atoms with Gasteiger partial charge in [-0.1, -0.05) is 6.07 Å². The summed E-state index contributed by atoms with van der Waals surface area (Å²) in [5.41, 5.74) is 6.57. The number of ether oxygens (including phenoxy) is 2. The summed E-state index contributed by atoms with van der Waals surface area (Å²) in [6, 6.07) is 5.60. The lowest BCUT2D eigenvalue weighted by atomic mass is 10.1. The maximum Gasteiger partial charge on any atom is 0.260 e. The largest absolute Gasteiger partial charge is 0.493 e. The second-order valence-corrected chi connectivity index (χ2v) is 3.90. The zero-order valence-electron chi connectivity index (χ0n) is 11.0. The molecule has 0 bridgehead atoms. The maximum atomic E-state index is 11.4. The van der Waals surface area contributed by atoms with Crippen molar-refractivity contribution in [3.8, 4) is 11.5 Å². The highest BCUT2D eigenvalue weighted by Crippen LogP contribution is 2.29. The molecule has 5 nitrogen and oxygen atoms in total. The van der Waals surface area contributed by atoms with Crippen molar-refractivity contribution in [2.24, 2.45) is 5.73 Å². The highest BCUT2D eigenvalue weighted by atomic mass is 16.5. The third-order valence-corrected chi connectivity index (χ3v) is 2.58. The number of carbonyl (C=O) groups excluding carboxylic acids is 1. The number of hydrogen-bond donors (Lipinski definition) is 2. The fraction of sp³-hybridized carbons (Fsp3) is 0.462. The van der Waals surface area contributed by atoms with E-state index >= 15 is 0 Å². The average molecular weight is 252 g/mol. The van der Waals surface area contributed by atoms with Gasteiger partial charge in [-0.3, -0.25) is 4.79 Å². The second kappa shape index (κ2) is 6.86. The summed E-state index contributed by atoms with van der Waals surface area (Å²) in [6.45, 7) is 2.25. The predicted molar refractivity (Wildman–Crippen MR) is 69.9 cm³/mol. The summed E-state index contributed by atoms with van der Waals surface area (Å²) in [5.74, 6) is 0.979. The summed E-state index contributed by atoms with van der Waals surface area (Å²) in [4.78, 5) is 11.4. The minimum Gasteiger partial charge on any atom is -0.493 e. The van der Waals surface area contributed by atoms with E-state index in [0.717, 1.165) is 12.0 Å². The Morgan fingerprint density at radius 1 is 1.44 bits per heavy atom. The molecule has 0 spiro atoms. The Hall–Kier alpha value is -1.75. The van der Waals surface area contributed by atoms with Gasteiger partial charge in [0.15, 0.2) is 17.6 Å². The van der Waals surface area contributed by atoms with Crippen LogP contribution in [0, 0.1) is 0 Å². The molecule has 1 atom stereocenters. The van der Waals surface area contributed by atoms with Crippen molar-refractivity contribution in [2.45, 2.75) is 19.4 Å². The fourth-order valence-electron chi connectivity index (χ4n) is 1.58. The van der Waals surface area contributed by atoms with Gasteiger partial charge in [0.1, 0.15) is 0 Å². The molecule has 18 heavy (non-hydrogen) atoms. The predicted octanol–water partition coefficient (Wildman–Crippen LogP) is 0.710. The van der Waals surface area contributed by atoms with E-state index in [9.17, 15) is 4.79 Å². The first-order valence-electron chi connectivity index (χ1n) is 5.87. The van der Waals surface area contributed by atoms with E-state index in [1.807, 2.05) is 18.2 Å². The zero-order chi connectivity index (χ0) is 13.5. The Bertz CT molecular complexity index is 407. The topological polar surface area (TPSA) is 73.6 Å². The normalized spacial score (nSPS) is 11.8. The number of methoxy groups -OCH3 is 1. The Labute approximate surface area is 107 Å². The first-order valence-corrected chi connectivity index (χ1v) is 5.87. The van der Waals surface area contributed by atoms with Crippen LogP contribution in [0.15, 0.2) is 18.2 Å². The number of rotatable bonds is 6. The van der Waals surface area contributed by atoms with Crippen molar-refractivity contribution in [1.29, 1.82) is 0 Å². The minimum atomic E-state index is -0.572. The van der Waals surface area contributed by atoms with Crippen molar-refractivity contribution in [3.05, 3.63) is 23.8 Å². The molecule has 1 unspecified atom stereocenters. The molecular formula is C13H20N2O3. The smallest absolute Gasteiger partial charge is 0.260 e. The van der Waals surface area contributed by atoms with E-state index in [0.29, 0.717) is 18.0 Å². The lowest BCUT2D eigenvalue weighted by Gasteiger charge is -2.16. The van der Waals surface area contributed by atoms with Crippen molar-refractivity contribution >= 4 is 5.91 Å². The average Bonchev–Trinajstić information content (AvgIpc) is 2.38. The van der Waals surface area contributed by atoms with Crippen LogP contribution in [-0.4, -0.2) is 32.7 Å². The molecule has 0 radical (unpaired) electrons. The summed E-state index contributed by atoms with van der Waals surface area (Å²) in [7, 11) is 3.14. The number of nitrogens with one attached hydrogen (secondary N) is 1. The van der Waals surface area contributed by atoms with Gasteiger partial charge in [0.25, 0.3) is 5.91 Å². The molecule has 5 heteroatoms. The van der Waals surface area contributed by atoms with E-state index in [2.05, 4.69) is 5.32 Å². The Morgan fingerprint density at radius 2 is 2.17 bits per heavy atom. The van der Waals surface area contributed by atoms with Gasteiger partial charge in [0.05, 0.1) is 7.11 Å². The van der Waals surface area contributed by atoms with Gasteiger partial charge in [0.2, 0.25) is 0 Å². The highest BCUT2D eigenvalue weighted by Gasteiger charge is 2.15. The molecule has 0 saturated heterocycles. The summed E-state index contributed by atoms with van der Waals surface area (Å²) in [5, 5.41) is 2.54. The number of nitrogens with two attached hydrogens (primary N) is 1. The van der Waals surface area contributed by atoms with Gasteiger partial charge < -0.3 is 20.5 Å². The zero-order valence-corrected chi connectivity index (χ0v) is 11.0. The van der Waals surface area contributed by atoms with Crippen LogP contribution in [0.2, 0.25) is 0 Å². The maximum absolute atomic E-state index is 11.4. The number of amides is 1. The molecule has 0 saturated carbocycles. The number of likely N-dealkylation sites (N-methyl/N-ethyl adjacent to an activating group) is 1. The van der Waals surface area contributed by atoms with E-state index in [-0.39, 0.29) is 5.91 Å². The number of benzene rings is 1. The SMILES string of the molecule is CNC(=O)C(C)Oc1cc(CCN)ccc1OC. The van der Waals surface area contributed by atoms with Gasteiger partial charge in [0, 0.05) is 7.05 Å². The molecule has 0 aliphatic carbocycles. The third-order valence-electron chi connectivity index (χ3n) is 2.58. The van der Waals surface area contributed by atoms with Crippen LogP contribution in [0.5, 0.6) is 11.5 Å². The van der Waals surface area contributed by atoms with Crippen molar-refractivity contribution in [1.82, 2.24) is 5.32 Å². The van der Waals surface area contributed by atoms with Crippen molar-refractivity contribution < 1.29 is 14.3 Å². The molecule has 1 aromatic rings. The van der Waals surface area contributed by atoms with Crippen molar-refractivity contribution in [3.63, 3.8) is 0 Å². The molecule has 0 aliphatic heterocycles. The van der Waals surface area contributed by atoms with Gasteiger partial charge in [-0.2, -0.15) is 0 Å². The van der Waals surface area contributed by atoms with E-state index < -0.39 is 6.10 Å². The molecule has 1 amide bonds. The van der Waals surface area contributed by atoms with Crippen LogP contribution < -0.4 is 20.5 Å². The molecule has 0 fully saturated rings. The van der Waals surface area contributed by atoms with Gasteiger partial charge in [-0.25, -0.2) is 0 Å². The molecule has 100 valence electrons. The lowest BCUT2D eigenvalue weighted by molar-refractivity contribution is -0.126. The van der Waals surface area contributed by atoms with Crippen LogP contribution in [0.3, 0.4) is 0 Å². The van der Waals surface area contributed by atoms with Crippen LogP contribution in [-0.2, 0) is 11.2 Å². The van der Waals surface area contributed by atoms with Crippen LogP contribution in [0.4, 0.5) is 0 Å². The van der Waals surface area contributed by atoms with Crippen LogP contribution in [0.1, 0.15) is 12.5 Å². The van der Waals surface area contributed by atoms with Crippen LogP contribution in [0.25, 0.3) is 0 Å². The Kier molecular flexibility index (Phi) is 5.45. The van der Waals surface area contributed by atoms with Gasteiger partial charge in [-0.05, 0) is 37.6 Å². The lowest BCUT2D eigenvalue weighted by Crippen LogP contribution is -2.33. The molecule has 1 rings (SSSR count). The van der Waals surface area contributed by atoms with E-state index in [4.69, 9.17) is 15.2 Å². The summed E-state index contributed by atoms with van der Waals surface area (Å²) < 4.78 is 10.8. The highest BCUT2D eigenvalue weighted by molar-refractivity contribution is 5.80. The molecule has 0 heterocycles. The molecule has 0 aromatic heterocycles. The standard InChI is InChI=1S/C13H20N2O3/c1-9(13(16)15-2)18-12-8-10(6-7-14)4-5-11(12)17-3/h4-5,8-9H,6-7,14H2,1-3H3,(H,15,16). The quantitative estimate of drug-likeness (QED) is 0.782. The monoisotopic (exact) mass is 252 g/mol. The fourth-order valence-corrected chi connectivity index (χ4v) is 1.58. The van der Waals surface area contributed by atoms with Gasteiger partial charge in [-0.15, -0.1) is 0 Å². The number of hydrogen-bond acceptors (Lipinski definition) is 4. The first kappa shape index (κ1) is 14.3. The van der Waals surface area contributed by atoms with E-state index in [1.54, 1.807) is 21.1 Å². The molecule has 0 aliphatic rings. The first-order chi connectivity index (χ1) is 8.62. The molecule has 1 aromatic carbocycles. The third kappa shape index (κ3) is 3.63. The van der Waals surface area contributed by atoms with Gasteiger partial charge >= 0.3 is 0 Å². The number of carbonyl (C=O) groups is 1. The minimum absolute atomic E-state index is 0.179. The van der Waals surface area contributed by atoms with Crippen LogP contribution >= 0.6 is 0 Å².